The molecule has 0 aliphatic carbocycles. The fraction of sp³-hybridized carbons (Fsp3) is 0.226. The fourth-order valence-corrected chi connectivity index (χ4v) is 8.88. The second-order valence-electron chi connectivity index (χ2n) is 20.1. The van der Waals surface area contributed by atoms with Crippen molar-refractivity contribution in [1.29, 1.82) is 0 Å². The Balaban J connectivity index is 0.000000303. The summed E-state index contributed by atoms with van der Waals surface area (Å²) in [6, 6.07) is 62.4. The van der Waals surface area contributed by atoms with Crippen molar-refractivity contribution in [2.75, 3.05) is 0 Å². The number of pyridine rings is 1. The molecule has 0 aliphatic heterocycles. The maximum atomic E-state index is 6.77. The zero-order valence-electron chi connectivity index (χ0n) is 40.3. The average Bonchev–Trinajstić information content (AvgIpc) is 3.90. The van der Waals surface area contributed by atoms with Crippen molar-refractivity contribution in [2.24, 2.45) is 0 Å². The average molecular weight is 1050 g/mol. The van der Waals surface area contributed by atoms with Gasteiger partial charge in [0.05, 0.1) is 22.4 Å². The molecule has 67 heavy (non-hydrogen) atoms. The van der Waals surface area contributed by atoms with Gasteiger partial charge in [0.25, 0.3) is 0 Å². The van der Waals surface area contributed by atoms with Crippen LogP contribution in [0, 0.1) is 12.1 Å². The molecule has 0 unspecified atom stereocenters. The second kappa shape index (κ2) is 19.1. The summed E-state index contributed by atoms with van der Waals surface area (Å²) >= 11 is 0. The van der Waals surface area contributed by atoms with Crippen LogP contribution >= 0.6 is 0 Å². The number of nitrogens with zero attached hydrogens (tertiary/aromatic N) is 3. The van der Waals surface area contributed by atoms with E-state index in [0.29, 0.717) is 0 Å². The standard InChI is InChI=1S/C47H43N2O.C15H16N.Ir/c1-29(2)39-26-34(32-20-23-35(24-21-32)47(5,6)7)27-40(30(3)4)44(39)49-42-19-12-11-18-41(42)48-46(49)38-17-13-16-37-36-25-22-33(28-43(36)50-45(37)38)31-14-9-8-10-15-31;1-15(2,3)13-9-10-16-14(11-13)12-7-5-4-6-8-12;/h8-16,18-30H,1-7H3;4-7,9-11H,1-3H3;/q2*-1;. The Morgan fingerprint density at radius 3 is 1.85 bits per heavy atom. The zero-order chi connectivity index (χ0) is 46.3. The van der Waals surface area contributed by atoms with Crippen LogP contribution < -0.4 is 0 Å². The fourth-order valence-electron chi connectivity index (χ4n) is 8.88. The summed E-state index contributed by atoms with van der Waals surface area (Å²) in [6.45, 7) is 22.6. The summed E-state index contributed by atoms with van der Waals surface area (Å²) in [4.78, 5) is 9.72. The van der Waals surface area contributed by atoms with Crippen LogP contribution in [0.4, 0.5) is 0 Å². The summed E-state index contributed by atoms with van der Waals surface area (Å²) < 4.78 is 9.14. The first-order chi connectivity index (χ1) is 31.7. The van der Waals surface area contributed by atoms with E-state index in [4.69, 9.17) is 9.40 Å². The van der Waals surface area contributed by atoms with Crippen molar-refractivity contribution in [3.8, 4) is 50.6 Å². The number of imidazole rings is 1. The Morgan fingerprint density at radius 1 is 0.552 bits per heavy atom. The van der Waals surface area contributed by atoms with E-state index >= 15 is 0 Å². The molecule has 10 aromatic rings. The van der Waals surface area contributed by atoms with Crippen molar-refractivity contribution in [3.05, 3.63) is 198 Å². The normalized spacial score (nSPS) is 11.9. The van der Waals surface area contributed by atoms with E-state index in [2.05, 4.69) is 212 Å². The van der Waals surface area contributed by atoms with Crippen LogP contribution in [-0.2, 0) is 30.9 Å². The molecule has 4 nitrogen and oxygen atoms in total. The summed E-state index contributed by atoms with van der Waals surface area (Å²) in [6.07, 6.45) is 1.87. The molecule has 0 bridgehead atoms. The van der Waals surface area contributed by atoms with E-state index in [-0.39, 0.29) is 42.8 Å². The largest absolute Gasteiger partial charge is 0.501 e. The van der Waals surface area contributed by atoms with E-state index in [0.717, 1.165) is 61.2 Å². The van der Waals surface area contributed by atoms with E-state index in [1.807, 2.05) is 42.6 Å². The molecule has 0 atom stereocenters. The molecule has 339 valence electrons. The maximum absolute atomic E-state index is 6.77. The van der Waals surface area contributed by atoms with Crippen LogP contribution in [0.5, 0.6) is 0 Å². The van der Waals surface area contributed by atoms with Gasteiger partial charge in [0.2, 0.25) is 0 Å². The van der Waals surface area contributed by atoms with Crippen LogP contribution in [0.25, 0.3) is 83.6 Å². The Labute approximate surface area is 410 Å². The van der Waals surface area contributed by atoms with Crippen molar-refractivity contribution < 1.29 is 24.5 Å². The molecule has 0 spiro atoms. The summed E-state index contributed by atoms with van der Waals surface area (Å²) in [7, 11) is 0. The second-order valence-corrected chi connectivity index (χ2v) is 20.1. The van der Waals surface area contributed by atoms with Gasteiger partial charge in [-0.05, 0) is 109 Å². The van der Waals surface area contributed by atoms with Crippen LogP contribution in [0.3, 0.4) is 0 Å². The van der Waals surface area contributed by atoms with Gasteiger partial charge in [-0.25, -0.2) is 0 Å². The van der Waals surface area contributed by atoms with E-state index in [1.165, 1.54) is 44.6 Å². The van der Waals surface area contributed by atoms with E-state index in [9.17, 15) is 0 Å². The Kier molecular flexibility index (Phi) is 13.4. The molecule has 10 rings (SSSR count). The summed E-state index contributed by atoms with van der Waals surface area (Å²) in [5.41, 5.74) is 18.0. The Bertz CT molecular complexity index is 3280. The zero-order valence-corrected chi connectivity index (χ0v) is 42.7. The molecule has 0 saturated carbocycles. The molecule has 3 aromatic heterocycles. The first-order valence-corrected chi connectivity index (χ1v) is 23.3. The van der Waals surface area contributed by atoms with E-state index < -0.39 is 0 Å². The monoisotopic (exact) mass is 1050 g/mol. The number of fused-ring (bicyclic) bond motifs is 4. The smallest absolute Gasteiger partial charge is 0.121 e. The predicted molar refractivity (Wildman–Crippen MR) is 278 cm³/mol. The topological polar surface area (TPSA) is 43.9 Å². The molecular formula is C62H59IrN3O-2. The molecule has 5 heteroatoms. The van der Waals surface area contributed by atoms with Crippen molar-refractivity contribution in [1.82, 2.24) is 14.5 Å². The Hall–Kier alpha value is -6.39. The Morgan fingerprint density at radius 2 is 1.19 bits per heavy atom. The SMILES string of the molecule is CC(C)(C)c1ccnc(-c2[c-]cccc2)c1.CC(C)c1cc(-c2ccc(C(C)(C)C)cc2)cc(C(C)C)c1-n1c(-c2[c-]ccc3c2oc2cc(-c4ccccc4)ccc23)nc2ccccc21.[Ir]. The number of benzene rings is 7. The van der Waals surface area contributed by atoms with Gasteiger partial charge in [0, 0.05) is 37.4 Å². The molecule has 7 aromatic carbocycles. The molecule has 0 amide bonds. The molecule has 3 heterocycles. The van der Waals surface area contributed by atoms with Gasteiger partial charge in [-0.15, -0.1) is 54.1 Å². The minimum atomic E-state index is 0. The van der Waals surface area contributed by atoms with Gasteiger partial charge in [-0.3, -0.25) is 4.98 Å². The summed E-state index contributed by atoms with van der Waals surface area (Å²) in [5.74, 6) is 1.38. The number of hydrogen-bond donors (Lipinski definition) is 0. The quantitative estimate of drug-likeness (QED) is 0.149. The third kappa shape index (κ3) is 9.59. The van der Waals surface area contributed by atoms with Gasteiger partial charge < -0.3 is 14.0 Å². The number of para-hydroxylation sites is 2. The molecule has 0 saturated heterocycles. The molecular weight excluding hydrogens is 995 g/mol. The van der Waals surface area contributed by atoms with Crippen LogP contribution in [0.1, 0.15) is 103 Å². The third-order valence-electron chi connectivity index (χ3n) is 12.7. The van der Waals surface area contributed by atoms with Gasteiger partial charge in [0.15, 0.2) is 0 Å². The van der Waals surface area contributed by atoms with Crippen molar-refractivity contribution in [3.63, 3.8) is 0 Å². The summed E-state index contributed by atoms with van der Waals surface area (Å²) in [5, 5.41) is 2.15. The number of hydrogen-bond acceptors (Lipinski definition) is 3. The van der Waals surface area contributed by atoms with Gasteiger partial charge in [0.1, 0.15) is 5.58 Å². The van der Waals surface area contributed by atoms with Gasteiger partial charge >= 0.3 is 0 Å². The predicted octanol–water partition coefficient (Wildman–Crippen LogP) is 17.1. The molecule has 0 N–H and O–H groups in total. The molecule has 1 radical (unpaired) electrons. The minimum Gasteiger partial charge on any atom is -0.501 e. The van der Waals surface area contributed by atoms with Crippen LogP contribution in [0.2, 0.25) is 0 Å². The van der Waals surface area contributed by atoms with E-state index in [1.54, 1.807) is 0 Å². The van der Waals surface area contributed by atoms with Crippen LogP contribution in [0.15, 0.2) is 168 Å². The third-order valence-corrected chi connectivity index (χ3v) is 12.7. The number of aromatic nitrogens is 3. The first-order valence-electron chi connectivity index (χ1n) is 23.3. The number of furan rings is 1. The molecule has 0 aliphatic rings. The first kappa shape index (κ1) is 47.1. The van der Waals surface area contributed by atoms with Crippen LogP contribution in [-0.4, -0.2) is 14.5 Å². The van der Waals surface area contributed by atoms with Gasteiger partial charge in [-0.2, -0.15) is 0 Å². The van der Waals surface area contributed by atoms with Crippen molar-refractivity contribution in [2.45, 2.75) is 91.9 Å². The maximum Gasteiger partial charge on any atom is 0.121 e. The van der Waals surface area contributed by atoms with Gasteiger partial charge in [-0.1, -0.05) is 165 Å². The molecule has 0 fully saturated rings. The minimum absolute atomic E-state index is 0. The van der Waals surface area contributed by atoms with Crippen molar-refractivity contribution >= 4 is 33.0 Å². The number of rotatable bonds is 7.